The number of aryl methyl sites for hydroxylation is 1. The summed E-state index contributed by atoms with van der Waals surface area (Å²) in [6, 6.07) is 24.4. The zero-order valence-electron chi connectivity index (χ0n) is 12.3. The first-order valence-corrected chi connectivity index (χ1v) is 7.17. The third kappa shape index (κ3) is 3.23. The van der Waals surface area contributed by atoms with E-state index >= 15 is 0 Å². The monoisotopic (exact) mass is 288 g/mol. The Hall–Kier alpha value is -2.87. The number of carbonyl (C=O) groups is 1. The van der Waals surface area contributed by atoms with Crippen molar-refractivity contribution in [3.63, 3.8) is 0 Å². The molecule has 0 aromatic heterocycles. The lowest BCUT2D eigenvalue weighted by molar-refractivity contribution is 0.103. The Morgan fingerprint density at radius 3 is 2.09 bits per heavy atom. The fraction of sp³-hybridized carbons (Fsp3) is 0.0500. The molecule has 0 N–H and O–H groups in total. The first-order valence-electron chi connectivity index (χ1n) is 7.17. The van der Waals surface area contributed by atoms with Gasteiger partial charge in [-0.15, -0.1) is 0 Å². The Morgan fingerprint density at radius 1 is 0.727 bits per heavy atom. The summed E-state index contributed by atoms with van der Waals surface area (Å²) in [5.74, 6) is 1.53. The van der Waals surface area contributed by atoms with Crippen LogP contribution in [0.15, 0.2) is 78.9 Å². The van der Waals surface area contributed by atoms with Crippen LogP contribution in [0.4, 0.5) is 0 Å². The van der Waals surface area contributed by atoms with Gasteiger partial charge in [0.2, 0.25) is 0 Å². The van der Waals surface area contributed by atoms with E-state index in [4.69, 9.17) is 4.74 Å². The second-order valence-electron chi connectivity index (χ2n) is 5.14. The van der Waals surface area contributed by atoms with E-state index in [0.29, 0.717) is 11.1 Å². The van der Waals surface area contributed by atoms with Gasteiger partial charge in [-0.3, -0.25) is 4.79 Å². The summed E-state index contributed by atoms with van der Waals surface area (Å²) in [5, 5.41) is 0. The molecule has 0 spiro atoms. The smallest absolute Gasteiger partial charge is 0.193 e. The molecule has 3 aromatic rings. The van der Waals surface area contributed by atoms with E-state index < -0.39 is 0 Å². The lowest BCUT2D eigenvalue weighted by atomic mass is 10.0. The zero-order valence-corrected chi connectivity index (χ0v) is 12.3. The van der Waals surface area contributed by atoms with Crippen molar-refractivity contribution in [2.24, 2.45) is 0 Å². The van der Waals surface area contributed by atoms with Crippen molar-refractivity contribution in [3.05, 3.63) is 95.6 Å². The van der Waals surface area contributed by atoms with Crippen molar-refractivity contribution in [3.8, 4) is 11.5 Å². The second kappa shape index (κ2) is 6.27. The van der Waals surface area contributed by atoms with Crippen LogP contribution in [-0.2, 0) is 0 Å². The minimum atomic E-state index is 0.0164. The molecule has 2 nitrogen and oxygen atoms in total. The SMILES string of the molecule is Cc1cccc(Oc2ccc(C(=O)c3ccccc3)cc2)c1. The Labute approximate surface area is 130 Å². The third-order valence-electron chi connectivity index (χ3n) is 3.38. The molecule has 0 atom stereocenters. The van der Waals surface area contributed by atoms with Crippen LogP contribution >= 0.6 is 0 Å². The lowest BCUT2D eigenvalue weighted by Crippen LogP contribution is -2.00. The van der Waals surface area contributed by atoms with E-state index in [1.807, 2.05) is 73.7 Å². The average Bonchev–Trinajstić information content (AvgIpc) is 2.56. The maximum absolute atomic E-state index is 12.3. The summed E-state index contributed by atoms with van der Waals surface area (Å²) in [6.45, 7) is 2.02. The van der Waals surface area contributed by atoms with E-state index in [9.17, 15) is 4.79 Å². The highest BCUT2D eigenvalue weighted by Crippen LogP contribution is 2.23. The second-order valence-corrected chi connectivity index (χ2v) is 5.14. The van der Waals surface area contributed by atoms with Gasteiger partial charge in [0.25, 0.3) is 0 Å². The molecule has 0 saturated heterocycles. The number of benzene rings is 3. The Balaban J connectivity index is 1.77. The van der Waals surface area contributed by atoms with Crippen LogP contribution in [0, 0.1) is 6.92 Å². The predicted molar refractivity (Wildman–Crippen MR) is 87.6 cm³/mol. The van der Waals surface area contributed by atoms with Crippen molar-refractivity contribution >= 4 is 5.78 Å². The van der Waals surface area contributed by atoms with Crippen molar-refractivity contribution in [1.82, 2.24) is 0 Å². The van der Waals surface area contributed by atoms with Gasteiger partial charge in [0.15, 0.2) is 5.78 Å². The highest BCUT2D eigenvalue weighted by Gasteiger charge is 2.08. The molecule has 0 amide bonds. The molecular weight excluding hydrogens is 272 g/mol. The minimum Gasteiger partial charge on any atom is -0.457 e. The molecule has 0 saturated carbocycles. The number of rotatable bonds is 4. The van der Waals surface area contributed by atoms with Gasteiger partial charge in [-0.25, -0.2) is 0 Å². The van der Waals surface area contributed by atoms with Gasteiger partial charge in [0.05, 0.1) is 0 Å². The highest BCUT2D eigenvalue weighted by molar-refractivity contribution is 6.08. The highest BCUT2D eigenvalue weighted by atomic mass is 16.5. The van der Waals surface area contributed by atoms with Gasteiger partial charge in [-0.2, -0.15) is 0 Å². The molecule has 3 aromatic carbocycles. The van der Waals surface area contributed by atoms with Crippen LogP contribution in [0.25, 0.3) is 0 Å². The topological polar surface area (TPSA) is 26.3 Å². The Bertz CT molecular complexity index is 774. The minimum absolute atomic E-state index is 0.0164. The molecule has 22 heavy (non-hydrogen) atoms. The number of carbonyl (C=O) groups excluding carboxylic acids is 1. The van der Waals surface area contributed by atoms with Crippen molar-refractivity contribution in [1.29, 1.82) is 0 Å². The quantitative estimate of drug-likeness (QED) is 0.630. The summed E-state index contributed by atoms with van der Waals surface area (Å²) in [6.07, 6.45) is 0. The van der Waals surface area contributed by atoms with Crippen molar-refractivity contribution < 1.29 is 9.53 Å². The summed E-state index contributed by atoms with van der Waals surface area (Å²) >= 11 is 0. The number of ketones is 1. The molecule has 0 bridgehead atoms. The molecule has 3 rings (SSSR count). The maximum atomic E-state index is 12.3. The number of hydrogen-bond acceptors (Lipinski definition) is 2. The summed E-state index contributed by atoms with van der Waals surface area (Å²) in [4.78, 5) is 12.3. The number of ether oxygens (including phenoxy) is 1. The molecule has 0 unspecified atom stereocenters. The molecule has 2 heteroatoms. The fourth-order valence-electron chi connectivity index (χ4n) is 2.25. The van der Waals surface area contributed by atoms with Crippen LogP contribution in [0.2, 0.25) is 0 Å². The first kappa shape index (κ1) is 14.1. The van der Waals surface area contributed by atoms with Gasteiger partial charge >= 0.3 is 0 Å². The Kier molecular flexibility index (Phi) is 4.01. The van der Waals surface area contributed by atoms with Gasteiger partial charge in [0.1, 0.15) is 11.5 Å². The third-order valence-corrected chi connectivity index (χ3v) is 3.38. The van der Waals surface area contributed by atoms with Gasteiger partial charge in [-0.05, 0) is 48.9 Å². The van der Waals surface area contributed by atoms with Crippen LogP contribution in [0.5, 0.6) is 11.5 Å². The van der Waals surface area contributed by atoms with E-state index in [0.717, 1.165) is 17.1 Å². The molecule has 0 fully saturated rings. The summed E-state index contributed by atoms with van der Waals surface area (Å²) in [5.41, 5.74) is 2.49. The van der Waals surface area contributed by atoms with E-state index in [1.165, 1.54) is 0 Å². The predicted octanol–water partition coefficient (Wildman–Crippen LogP) is 5.02. The molecule has 0 radical (unpaired) electrons. The van der Waals surface area contributed by atoms with Gasteiger partial charge < -0.3 is 4.74 Å². The van der Waals surface area contributed by atoms with Crippen LogP contribution in [-0.4, -0.2) is 5.78 Å². The van der Waals surface area contributed by atoms with Gasteiger partial charge in [0, 0.05) is 11.1 Å². The van der Waals surface area contributed by atoms with Crippen molar-refractivity contribution in [2.75, 3.05) is 0 Å². The molecule has 0 aliphatic carbocycles. The molecule has 0 heterocycles. The van der Waals surface area contributed by atoms with Gasteiger partial charge in [-0.1, -0.05) is 42.5 Å². The first-order chi connectivity index (χ1) is 10.7. The largest absolute Gasteiger partial charge is 0.457 e. The molecule has 0 aliphatic heterocycles. The van der Waals surface area contributed by atoms with Crippen LogP contribution in [0.1, 0.15) is 21.5 Å². The van der Waals surface area contributed by atoms with E-state index in [1.54, 1.807) is 12.1 Å². The average molecular weight is 288 g/mol. The lowest BCUT2D eigenvalue weighted by Gasteiger charge is -2.07. The van der Waals surface area contributed by atoms with E-state index in [-0.39, 0.29) is 5.78 Å². The standard InChI is InChI=1S/C20H16O2/c1-15-6-5-9-19(14-15)22-18-12-10-17(11-13-18)20(21)16-7-3-2-4-8-16/h2-14H,1H3. The Morgan fingerprint density at radius 2 is 1.41 bits per heavy atom. The molecule has 0 aliphatic rings. The molecular formula is C20H16O2. The molecule has 108 valence electrons. The van der Waals surface area contributed by atoms with E-state index in [2.05, 4.69) is 0 Å². The summed E-state index contributed by atoms with van der Waals surface area (Å²) in [7, 11) is 0. The fourth-order valence-corrected chi connectivity index (χ4v) is 2.25. The normalized spacial score (nSPS) is 10.2. The maximum Gasteiger partial charge on any atom is 0.193 e. The summed E-state index contributed by atoms with van der Waals surface area (Å²) < 4.78 is 5.79. The van der Waals surface area contributed by atoms with Crippen LogP contribution in [0.3, 0.4) is 0 Å². The number of hydrogen-bond donors (Lipinski definition) is 0. The van der Waals surface area contributed by atoms with Crippen molar-refractivity contribution in [2.45, 2.75) is 6.92 Å². The zero-order chi connectivity index (χ0) is 15.4. The van der Waals surface area contributed by atoms with Crippen LogP contribution < -0.4 is 4.74 Å².